The van der Waals surface area contributed by atoms with E-state index in [4.69, 9.17) is 14.6 Å². The van der Waals surface area contributed by atoms with Crippen LogP contribution in [0.2, 0.25) is 0 Å². The summed E-state index contributed by atoms with van der Waals surface area (Å²) in [5.74, 6) is 2.10. The van der Waals surface area contributed by atoms with Crippen LogP contribution in [0.1, 0.15) is 30.0 Å². The van der Waals surface area contributed by atoms with Gasteiger partial charge in [0.2, 0.25) is 0 Å². The first-order chi connectivity index (χ1) is 13.2. The molecule has 0 spiro atoms. The Balaban J connectivity index is 1.57. The van der Waals surface area contributed by atoms with Crippen LogP contribution >= 0.6 is 0 Å². The number of aryl methyl sites for hydroxylation is 1. The molecule has 1 atom stereocenters. The van der Waals surface area contributed by atoms with Gasteiger partial charge in [-0.25, -0.2) is 14.6 Å². The molecule has 0 amide bonds. The number of piperidine rings is 1. The van der Waals surface area contributed by atoms with E-state index in [1.54, 1.807) is 26.6 Å². The third-order valence-electron chi connectivity index (χ3n) is 5.26. The summed E-state index contributed by atoms with van der Waals surface area (Å²) in [6.07, 6.45) is 5.72. The zero-order valence-corrected chi connectivity index (χ0v) is 16.1. The molecule has 1 aliphatic heterocycles. The second kappa shape index (κ2) is 7.52. The van der Waals surface area contributed by atoms with Crippen molar-refractivity contribution < 1.29 is 9.47 Å². The zero-order valence-electron chi connectivity index (χ0n) is 16.1. The minimum absolute atomic E-state index is 0.357. The van der Waals surface area contributed by atoms with Gasteiger partial charge < -0.3 is 9.47 Å². The van der Waals surface area contributed by atoms with Crippen molar-refractivity contribution in [2.24, 2.45) is 7.05 Å². The Morgan fingerprint density at radius 3 is 2.81 bits per heavy atom. The summed E-state index contributed by atoms with van der Waals surface area (Å²) in [5.41, 5.74) is 3.97. The van der Waals surface area contributed by atoms with Gasteiger partial charge in [-0.3, -0.25) is 4.90 Å². The summed E-state index contributed by atoms with van der Waals surface area (Å²) in [4.78, 5) is 11.4. The fourth-order valence-electron chi connectivity index (χ4n) is 3.95. The van der Waals surface area contributed by atoms with E-state index < -0.39 is 0 Å². The van der Waals surface area contributed by atoms with Crippen molar-refractivity contribution in [3.8, 4) is 11.5 Å². The third kappa shape index (κ3) is 3.47. The molecule has 7 nitrogen and oxygen atoms in total. The van der Waals surface area contributed by atoms with Crippen LogP contribution in [-0.2, 0) is 13.6 Å². The van der Waals surface area contributed by atoms with Gasteiger partial charge in [0.25, 0.3) is 0 Å². The molecule has 1 aliphatic rings. The summed E-state index contributed by atoms with van der Waals surface area (Å²) in [6, 6.07) is 5.96. The number of benzene rings is 1. The molecule has 1 saturated heterocycles. The van der Waals surface area contributed by atoms with Gasteiger partial charge in [0.05, 0.1) is 19.9 Å². The predicted molar refractivity (Wildman–Crippen MR) is 103 cm³/mol. The van der Waals surface area contributed by atoms with Crippen molar-refractivity contribution in [1.29, 1.82) is 0 Å². The molecular formula is C20H25N5O2. The van der Waals surface area contributed by atoms with Crippen LogP contribution < -0.4 is 9.47 Å². The molecule has 1 unspecified atom stereocenters. The molecule has 7 heteroatoms. The monoisotopic (exact) mass is 367 g/mol. The maximum absolute atomic E-state index is 5.54. The molecule has 3 aromatic rings. The number of methoxy groups -OCH3 is 2. The van der Waals surface area contributed by atoms with Crippen LogP contribution in [-0.4, -0.2) is 52.0 Å². The van der Waals surface area contributed by atoms with Crippen molar-refractivity contribution >= 4 is 11.2 Å². The summed E-state index contributed by atoms with van der Waals surface area (Å²) >= 11 is 0. The van der Waals surface area contributed by atoms with Crippen molar-refractivity contribution in [3.05, 3.63) is 41.9 Å². The number of rotatable bonds is 5. The molecule has 0 radical (unpaired) electrons. The zero-order chi connectivity index (χ0) is 18.8. The number of likely N-dealkylation sites (tertiary alicyclic amines) is 1. The molecule has 4 rings (SSSR count). The van der Waals surface area contributed by atoms with Gasteiger partial charge in [0.1, 0.15) is 17.0 Å². The van der Waals surface area contributed by atoms with Gasteiger partial charge in [-0.2, -0.15) is 5.10 Å². The van der Waals surface area contributed by atoms with E-state index in [-0.39, 0.29) is 0 Å². The molecule has 0 aliphatic carbocycles. The minimum Gasteiger partial charge on any atom is -0.497 e. The first-order valence-electron chi connectivity index (χ1n) is 9.26. The SMILES string of the molecule is COc1ccc(OC)c(CN2CCCC(c3nn(C)c4nccnc34)C2)c1. The number of ether oxygens (including phenoxy) is 2. The Morgan fingerprint density at radius 1 is 1.15 bits per heavy atom. The molecule has 3 heterocycles. The van der Waals surface area contributed by atoms with Gasteiger partial charge in [0.15, 0.2) is 5.65 Å². The van der Waals surface area contributed by atoms with E-state index in [2.05, 4.69) is 20.9 Å². The van der Waals surface area contributed by atoms with Gasteiger partial charge >= 0.3 is 0 Å². The van der Waals surface area contributed by atoms with E-state index in [0.29, 0.717) is 5.92 Å². The lowest BCUT2D eigenvalue weighted by Gasteiger charge is -2.32. The number of nitrogens with zero attached hydrogens (tertiary/aromatic N) is 5. The molecule has 0 bridgehead atoms. The van der Waals surface area contributed by atoms with Crippen molar-refractivity contribution in [1.82, 2.24) is 24.6 Å². The van der Waals surface area contributed by atoms with Crippen molar-refractivity contribution in [2.45, 2.75) is 25.3 Å². The standard InChI is InChI=1S/C20H25N5O2/c1-24-20-19(21-8-9-22-20)18(23-24)14-5-4-10-25(12-14)13-15-11-16(26-2)6-7-17(15)27-3/h6-9,11,14H,4-5,10,12-13H2,1-3H3. The van der Waals surface area contributed by atoms with E-state index in [9.17, 15) is 0 Å². The number of hydrogen-bond acceptors (Lipinski definition) is 6. The Morgan fingerprint density at radius 2 is 2.00 bits per heavy atom. The smallest absolute Gasteiger partial charge is 0.176 e. The highest BCUT2D eigenvalue weighted by atomic mass is 16.5. The fraction of sp³-hybridized carbons (Fsp3) is 0.450. The predicted octanol–water partition coefficient (Wildman–Crippen LogP) is 2.76. The highest BCUT2D eigenvalue weighted by Gasteiger charge is 2.27. The molecule has 0 N–H and O–H groups in total. The maximum atomic E-state index is 5.54. The van der Waals surface area contributed by atoms with Crippen molar-refractivity contribution in [3.63, 3.8) is 0 Å². The molecule has 1 fully saturated rings. The lowest BCUT2D eigenvalue weighted by Crippen LogP contribution is -2.34. The summed E-state index contributed by atoms with van der Waals surface area (Å²) in [7, 11) is 5.33. The minimum atomic E-state index is 0.357. The second-order valence-electron chi connectivity index (χ2n) is 6.99. The first kappa shape index (κ1) is 17.7. The van der Waals surface area contributed by atoms with E-state index in [0.717, 1.165) is 66.4 Å². The third-order valence-corrected chi connectivity index (χ3v) is 5.26. The average molecular weight is 367 g/mol. The normalized spacial score (nSPS) is 18.0. The number of fused-ring (bicyclic) bond motifs is 1. The lowest BCUT2D eigenvalue weighted by atomic mass is 9.94. The molecule has 27 heavy (non-hydrogen) atoms. The number of aromatic nitrogens is 4. The van der Waals surface area contributed by atoms with Crippen LogP contribution in [0.3, 0.4) is 0 Å². The molecule has 2 aromatic heterocycles. The second-order valence-corrected chi connectivity index (χ2v) is 6.99. The molecule has 142 valence electrons. The molecule has 0 saturated carbocycles. The van der Waals surface area contributed by atoms with Crippen molar-refractivity contribution in [2.75, 3.05) is 27.3 Å². The first-order valence-corrected chi connectivity index (χ1v) is 9.26. The quantitative estimate of drug-likeness (QED) is 0.691. The Bertz CT molecular complexity index is 939. The number of hydrogen-bond donors (Lipinski definition) is 0. The summed E-state index contributed by atoms with van der Waals surface area (Å²) in [6.45, 7) is 2.84. The van der Waals surface area contributed by atoms with Crippen LogP contribution in [0.5, 0.6) is 11.5 Å². The molecule has 1 aromatic carbocycles. The summed E-state index contributed by atoms with van der Waals surface area (Å²) in [5, 5.41) is 4.74. The van der Waals surface area contributed by atoms with Crippen LogP contribution in [0.25, 0.3) is 11.2 Å². The van der Waals surface area contributed by atoms with Crippen LogP contribution in [0.4, 0.5) is 0 Å². The van der Waals surface area contributed by atoms with E-state index >= 15 is 0 Å². The van der Waals surface area contributed by atoms with Crippen LogP contribution in [0.15, 0.2) is 30.6 Å². The van der Waals surface area contributed by atoms with E-state index in [1.165, 1.54) is 0 Å². The summed E-state index contributed by atoms with van der Waals surface area (Å²) < 4.78 is 12.8. The van der Waals surface area contributed by atoms with Crippen LogP contribution in [0, 0.1) is 0 Å². The maximum Gasteiger partial charge on any atom is 0.176 e. The Labute approximate surface area is 158 Å². The van der Waals surface area contributed by atoms with Gasteiger partial charge in [-0.1, -0.05) is 0 Å². The largest absolute Gasteiger partial charge is 0.497 e. The molecular weight excluding hydrogens is 342 g/mol. The van der Waals surface area contributed by atoms with Gasteiger partial charge in [-0.05, 0) is 37.6 Å². The highest BCUT2D eigenvalue weighted by Crippen LogP contribution is 2.32. The Kier molecular flexibility index (Phi) is 4.94. The van der Waals surface area contributed by atoms with E-state index in [1.807, 2.05) is 23.9 Å². The fourth-order valence-corrected chi connectivity index (χ4v) is 3.95. The lowest BCUT2D eigenvalue weighted by molar-refractivity contribution is 0.196. The Hall–Kier alpha value is -2.67. The topological polar surface area (TPSA) is 65.3 Å². The highest BCUT2D eigenvalue weighted by molar-refractivity contribution is 5.73. The average Bonchev–Trinajstić information content (AvgIpc) is 3.05. The van der Waals surface area contributed by atoms with Gasteiger partial charge in [0, 0.05) is 44.0 Å². The van der Waals surface area contributed by atoms with Gasteiger partial charge in [-0.15, -0.1) is 0 Å².